The highest BCUT2D eigenvalue weighted by Crippen LogP contribution is 2.40. The van der Waals surface area contributed by atoms with Crippen LogP contribution in [0.1, 0.15) is 37.8 Å². The van der Waals surface area contributed by atoms with Crippen molar-refractivity contribution in [3.8, 4) is 11.5 Å². The SMILES string of the molecule is CCNC(=NCC(C)(O)c1cnn(C)c1)NCC1(c2ccc3c(c2)OCO3)CCOCC1. The number of nitrogens with zero attached hydrogens (tertiary/aromatic N) is 3. The second kappa shape index (κ2) is 9.38. The number of guanidine groups is 1. The van der Waals surface area contributed by atoms with Crippen LogP contribution in [-0.4, -0.2) is 60.5 Å². The lowest BCUT2D eigenvalue weighted by Gasteiger charge is -2.38. The predicted molar refractivity (Wildman–Crippen MR) is 121 cm³/mol. The fraction of sp³-hybridized carbons (Fsp3) is 0.565. The number of aromatic nitrogens is 2. The number of rotatable bonds is 7. The zero-order chi connectivity index (χ0) is 22.6. The van der Waals surface area contributed by atoms with Crippen LogP contribution in [0.15, 0.2) is 35.6 Å². The Morgan fingerprint density at radius 3 is 2.75 bits per heavy atom. The van der Waals surface area contributed by atoms with Gasteiger partial charge in [-0.15, -0.1) is 0 Å². The van der Waals surface area contributed by atoms with Crippen LogP contribution in [0.25, 0.3) is 0 Å². The van der Waals surface area contributed by atoms with Gasteiger partial charge in [-0.3, -0.25) is 4.68 Å². The van der Waals surface area contributed by atoms with Gasteiger partial charge >= 0.3 is 0 Å². The monoisotopic (exact) mass is 443 g/mol. The molecular formula is C23H33N5O4. The Bertz CT molecular complexity index is 950. The smallest absolute Gasteiger partial charge is 0.231 e. The summed E-state index contributed by atoms with van der Waals surface area (Å²) in [5.41, 5.74) is 0.725. The second-order valence-corrected chi connectivity index (χ2v) is 8.69. The molecule has 0 aliphatic carbocycles. The molecule has 2 aliphatic heterocycles. The third kappa shape index (κ3) is 4.83. The molecule has 1 aromatic heterocycles. The molecule has 9 heteroatoms. The summed E-state index contributed by atoms with van der Waals surface area (Å²) in [5.74, 6) is 2.25. The van der Waals surface area contributed by atoms with E-state index in [4.69, 9.17) is 14.2 Å². The van der Waals surface area contributed by atoms with Gasteiger partial charge in [0.25, 0.3) is 0 Å². The van der Waals surface area contributed by atoms with Crippen LogP contribution in [0.3, 0.4) is 0 Å². The Kier molecular flexibility index (Phi) is 6.57. The van der Waals surface area contributed by atoms with Gasteiger partial charge in [0, 0.05) is 50.5 Å². The largest absolute Gasteiger partial charge is 0.454 e. The van der Waals surface area contributed by atoms with Gasteiger partial charge < -0.3 is 30.0 Å². The minimum Gasteiger partial charge on any atom is -0.454 e. The molecule has 32 heavy (non-hydrogen) atoms. The first kappa shape index (κ1) is 22.4. The minimum absolute atomic E-state index is 0.110. The predicted octanol–water partition coefficient (Wildman–Crippen LogP) is 1.66. The number of hydrogen-bond acceptors (Lipinski definition) is 6. The summed E-state index contributed by atoms with van der Waals surface area (Å²) in [6.07, 6.45) is 5.28. The van der Waals surface area contributed by atoms with Crippen LogP contribution in [0.2, 0.25) is 0 Å². The molecule has 174 valence electrons. The molecule has 4 rings (SSSR count). The standard InChI is InChI=1S/C23H33N5O4/c1-4-24-21(25-14-22(2,29)18-12-27-28(3)13-18)26-15-23(7-9-30-10-8-23)17-5-6-19-20(11-17)32-16-31-19/h5-6,11-13,29H,4,7-10,14-16H2,1-3H3,(H2,24,25,26). The number of nitrogens with one attached hydrogen (secondary N) is 2. The van der Waals surface area contributed by atoms with Crippen LogP contribution in [0, 0.1) is 0 Å². The normalized spacial score (nSPS) is 19.4. The third-order valence-corrected chi connectivity index (χ3v) is 6.25. The highest BCUT2D eigenvalue weighted by Gasteiger charge is 2.36. The van der Waals surface area contributed by atoms with Crippen LogP contribution in [0.4, 0.5) is 0 Å². The maximum atomic E-state index is 10.9. The topological polar surface area (TPSA) is 102 Å². The highest BCUT2D eigenvalue weighted by atomic mass is 16.7. The number of ether oxygens (including phenoxy) is 3. The quantitative estimate of drug-likeness (QED) is 0.442. The number of aryl methyl sites for hydroxylation is 1. The number of aliphatic imine (C=N–C) groups is 1. The lowest BCUT2D eigenvalue weighted by molar-refractivity contribution is 0.0512. The van der Waals surface area contributed by atoms with Crippen molar-refractivity contribution in [1.82, 2.24) is 20.4 Å². The Morgan fingerprint density at radius 1 is 1.25 bits per heavy atom. The minimum atomic E-state index is -1.11. The molecule has 2 aromatic rings. The Morgan fingerprint density at radius 2 is 2.03 bits per heavy atom. The molecule has 9 nitrogen and oxygen atoms in total. The van der Waals surface area contributed by atoms with Crippen LogP contribution < -0.4 is 20.1 Å². The molecule has 0 amide bonds. The summed E-state index contributed by atoms with van der Waals surface area (Å²) in [5, 5.41) is 21.8. The molecule has 0 radical (unpaired) electrons. The van der Waals surface area contributed by atoms with Crippen molar-refractivity contribution in [3.63, 3.8) is 0 Å². The maximum Gasteiger partial charge on any atom is 0.231 e. The van der Waals surface area contributed by atoms with Crippen molar-refractivity contribution >= 4 is 5.96 Å². The van der Waals surface area contributed by atoms with Gasteiger partial charge in [0.15, 0.2) is 17.5 Å². The van der Waals surface area contributed by atoms with E-state index in [1.54, 1.807) is 17.8 Å². The zero-order valence-electron chi connectivity index (χ0n) is 19.1. The number of benzene rings is 1. The Labute approximate surface area is 188 Å². The molecule has 0 spiro atoms. The summed E-state index contributed by atoms with van der Waals surface area (Å²) < 4.78 is 18.4. The van der Waals surface area contributed by atoms with E-state index in [1.807, 2.05) is 26.2 Å². The molecule has 3 N–H and O–H groups in total. The first-order valence-electron chi connectivity index (χ1n) is 11.1. The average Bonchev–Trinajstić information content (AvgIpc) is 3.45. The van der Waals surface area contributed by atoms with E-state index in [0.29, 0.717) is 25.7 Å². The Balaban J connectivity index is 1.50. The van der Waals surface area contributed by atoms with Crippen molar-refractivity contribution in [2.75, 3.05) is 39.6 Å². The molecule has 0 saturated carbocycles. The summed E-state index contributed by atoms with van der Waals surface area (Å²) >= 11 is 0. The first-order valence-corrected chi connectivity index (χ1v) is 11.1. The second-order valence-electron chi connectivity index (χ2n) is 8.69. The molecule has 3 heterocycles. The highest BCUT2D eigenvalue weighted by molar-refractivity contribution is 5.80. The lowest BCUT2D eigenvalue weighted by Crippen LogP contribution is -2.48. The van der Waals surface area contributed by atoms with E-state index < -0.39 is 5.60 Å². The van der Waals surface area contributed by atoms with Gasteiger partial charge in [-0.2, -0.15) is 5.10 Å². The summed E-state index contributed by atoms with van der Waals surface area (Å²) in [6, 6.07) is 6.20. The van der Waals surface area contributed by atoms with Crippen molar-refractivity contribution in [2.45, 2.75) is 37.7 Å². The van der Waals surface area contributed by atoms with Crippen LogP contribution in [-0.2, 0) is 22.8 Å². The molecule has 1 atom stereocenters. The van der Waals surface area contributed by atoms with Gasteiger partial charge in [0.2, 0.25) is 6.79 Å². The van der Waals surface area contributed by atoms with E-state index in [1.165, 1.54) is 5.56 Å². The lowest BCUT2D eigenvalue weighted by atomic mass is 9.74. The third-order valence-electron chi connectivity index (χ3n) is 6.25. The molecule has 1 aromatic carbocycles. The van der Waals surface area contributed by atoms with E-state index in [2.05, 4.69) is 32.9 Å². The fourth-order valence-corrected chi connectivity index (χ4v) is 4.17. The maximum absolute atomic E-state index is 10.9. The van der Waals surface area contributed by atoms with Gasteiger partial charge in [-0.05, 0) is 44.4 Å². The average molecular weight is 444 g/mol. The molecule has 1 fully saturated rings. The van der Waals surface area contributed by atoms with Crippen LogP contribution in [0.5, 0.6) is 11.5 Å². The molecular weight excluding hydrogens is 410 g/mol. The Hall–Kier alpha value is -2.78. The van der Waals surface area contributed by atoms with Gasteiger partial charge in [0.05, 0.1) is 12.7 Å². The molecule has 1 unspecified atom stereocenters. The van der Waals surface area contributed by atoms with E-state index in [0.717, 1.165) is 36.4 Å². The molecule has 2 aliphatic rings. The van der Waals surface area contributed by atoms with Crippen molar-refractivity contribution < 1.29 is 19.3 Å². The van der Waals surface area contributed by atoms with E-state index in [-0.39, 0.29) is 18.8 Å². The molecule has 1 saturated heterocycles. The van der Waals surface area contributed by atoms with Gasteiger partial charge in [-0.25, -0.2) is 4.99 Å². The van der Waals surface area contributed by atoms with Crippen molar-refractivity contribution in [2.24, 2.45) is 12.0 Å². The first-order chi connectivity index (χ1) is 15.4. The van der Waals surface area contributed by atoms with Crippen molar-refractivity contribution in [3.05, 3.63) is 41.7 Å². The van der Waals surface area contributed by atoms with E-state index in [9.17, 15) is 5.11 Å². The fourth-order valence-electron chi connectivity index (χ4n) is 4.17. The van der Waals surface area contributed by atoms with Crippen LogP contribution >= 0.6 is 0 Å². The number of hydrogen-bond donors (Lipinski definition) is 3. The zero-order valence-corrected chi connectivity index (χ0v) is 19.1. The van der Waals surface area contributed by atoms with Crippen molar-refractivity contribution in [1.29, 1.82) is 0 Å². The number of aliphatic hydroxyl groups is 1. The van der Waals surface area contributed by atoms with Gasteiger partial charge in [0.1, 0.15) is 5.60 Å². The van der Waals surface area contributed by atoms with E-state index >= 15 is 0 Å². The van der Waals surface area contributed by atoms with Gasteiger partial charge in [-0.1, -0.05) is 6.07 Å². The summed E-state index contributed by atoms with van der Waals surface area (Å²) in [7, 11) is 1.83. The summed E-state index contributed by atoms with van der Waals surface area (Å²) in [6.45, 7) is 7.09. The molecule has 0 bridgehead atoms. The summed E-state index contributed by atoms with van der Waals surface area (Å²) in [4.78, 5) is 4.67. The number of fused-ring (bicyclic) bond motifs is 1.